The number of nitrogens with two attached hydrogens (primary N) is 1. The number of hydrogen-bond donors (Lipinski definition) is 3. The molecule has 1 rings (SSSR count). The molecular weight excluding hydrogens is 250 g/mol. The Morgan fingerprint density at radius 1 is 1.37 bits per heavy atom. The number of carbonyl (C=O) groups excluding carboxylic acids is 2. The Labute approximate surface area is 111 Å². The van der Waals surface area contributed by atoms with E-state index in [2.05, 4.69) is 20.9 Å². The number of aromatic nitrogens is 3. The van der Waals surface area contributed by atoms with Crippen LogP contribution in [-0.4, -0.2) is 59.0 Å². The van der Waals surface area contributed by atoms with E-state index in [1.165, 1.54) is 9.58 Å². The van der Waals surface area contributed by atoms with Crippen LogP contribution in [-0.2, 0) is 17.9 Å². The summed E-state index contributed by atoms with van der Waals surface area (Å²) in [6.07, 6.45) is 1.62. The van der Waals surface area contributed by atoms with Crippen LogP contribution in [0.1, 0.15) is 5.69 Å². The van der Waals surface area contributed by atoms with Gasteiger partial charge in [0.05, 0.1) is 11.9 Å². The maximum absolute atomic E-state index is 11.5. The van der Waals surface area contributed by atoms with E-state index in [-0.39, 0.29) is 25.0 Å². The molecule has 19 heavy (non-hydrogen) atoms. The third-order valence-electron chi connectivity index (χ3n) is 2.23. The second-order valence-corrected chi connectivity index (χ2v) is 4.09. The highest BCUT2D eigenvalue weighted by Crippen LogP contribution is 1.90. The maximum atomic E-state index is 11.5. The van der Waals surface area contributed by atoms with Gasteiger partial charge in [-0.25, -0.2) is 9.48 Å². The molecule has 106 valence electrons. The van der Waals surface area contributed by atoms with Gasteiger partial charge in [-0.15, -0.1) is 5.10 Å². The minimum atomic E-state index is -0.201. The van der Waals surface area contributed by atoms with Gasteiger partial charge in [0.25, 0.3) is 0 Å². The molecule has 0 aliphatic heterocycles. The van der Waals surface area contributed by atoms with Crippen LogP contribution in [0.4, 0.5) is 4.79 Å². The van der Waals surface area contributed by atoms with Crippen molar-refractivity contribution in [3.05, 3.63) is 11.9 Å². The molecular formula is C10H19N7O2. The summed E-state index contributed by atoms with van der Waals surface area (Å²) in [6.45, 7) is 1.10. The van der Waals surface area contributed by atoms with Gasteiger partial charge >= 0.3 is 6.03 Å². The molecule has 0 aromatic carbocycles. The fraction of sp³-hybridized carbons (Fsp3) is 0.600. The van der Waals surface area contributed by atoms with Crippen LogP contribution in [0.15, 0.2) is 6.20 Å². The van der Waals surface area contributed by atoms with Crippen LogP contribution in [0.25, 0.3) is 0 Å². The molecule has 0 saturated heterocycles. The Morgan fingerprint density at radius 3 is 2.63 bits per heavy atom. The Morgan fingerprint density at radius 2 is 2.05 bits per heavy atom. The third-order valence-corrected chi connectivity index (χ3v) is 2.23. The fourth-order valence-electron chi connectivity index (χ4n) is 1.24. The molecule has 9 nitrogen and oxygen atoms in total. The summed E-state index contributed by atoms with van der Waals surface area (Å²) in [5.41, 5.74) is 6.01. The van der Waals surface area contributed by atoms with Crippen LogP contribution >= 0.6 is 0 Å². The maximum Gasteiger partial charge on any atom is 0.316 e. The summed E-state index contributed by atoms with van der Waals surface area (Å²) >= 11 is 0. The average molecular weight is 269 g/mol. The molecule has 9 heteroatoms. The molecule has 0 spiro atoms. The highest BCUT2D eigenvalue weighted by Gasteiger charge is 2.05. The largest absolute Gasteiger partial charge is 0.353 e. The van der Waals surface area contributed by atoms with Crippen LogP contribution < -0.4 is 16.4 Å². The summed E-state index contributed by atoms with van der Waals surface area (Å²) in [4.78, 5) is 24.1. The predicted octanol–water partition coefficient (Wildman–Crippen LogP) is -1.88. The van der Waals surface area contributed by atoms with Crippen molar-refractivity contribution >= 4 is 11.9 Å². The quantitative estimate of drug-likeness (QED) is 0.523. The van der Waals surface area contributed by atoms with E-state index in [0.717, 1.165) is 0 Å². The zero-order valence-electron chi connectivity index (χ0n) is 11.1. The minimum Gasteiger partial charge on any atom is -0.353 e. The van der Waals surface area contributed by atoms with Gasteiger partial charge in [-0.05, 0) is 0 Å². The van der Waals surface area contributed by atoms with Crippen LogP contribution in [0.3, 0.4) is 0 Å². The molecule has 0 aliphatic carbocycles. The standard InChI is InChI=1S/C10H19N7O2/c1-16(2)10(19)13-4-3-12-9(18)7-17-6-8(5-11)14-15-17/h6H,3-5,7,11H2,1-2H3,(H,12,18)(H,13,19). The Hall–Kier alpha value is -2.16. The molecule has 0 saturated carbocycles. The van der Waals surface area contributed by atoms with E-state index in [4.69, 9.17) is 5.73 Å². The van der Waals surface area contributed by atoms with E-state index in [1.807, 2.05) is 0 Å². The summed E-state index contributed by atoms with van der Waals surface area (Å²) in [5, 5.41) is 12.8. The van der Waals surface area contributed by atoms with Crippen molar-refractivity contribution in [2.45, 2.75) is 13.1 Å². The van der Waals surface area contributed by atoms with Crippen LogP contribution in [0, 0.1) is 0 Å². The highest BCUT2D eigenvalue weighted by molar-refractivity contribution is 5.76. The summed E-state index contributed by atoms with van der Waals surface area (Å²) < 4.78 is 1.41. The molecule has 0 radical (unpaired) electrons. The number of carbonyl (C=O) groups is 2. The lowest BCUT2D eigenvalue weighted by atomic mass is 10.5. The van der Waals surface area contributed by atoms with Crippen molar-refractivity contribution in [3.8, 4) is 0 Å². The zero-order valence-corrected chi connectivity index (χ0v) is 11.1. The summed E-state index contributed by atoms with van der Waals surface area (Å²) in [6, 6.07) is -0.196. The van der Waals surface area contributed by atoms with Gasteiger partial charge in [0.1, 0.15) is 6.54 Å². The van der Waals surface area contributed by atoms with Gasteiger partial charge in [0, 0.05) is 33.7 Å². The highest BCUT2D eigenvalue weighted by atomic mass is 16.2. The van der Waals surface area contributed by atoms with Crippen molar-refractivity contribution in [2.75, 3.05) is 27.2 Å². The first-order chi connectivity index (χ1) is 9.02. The predicted molar refractivity (Wildman–Crippen MR) is 68.0 cm³/mol. The van der Waals surface area contributed by atoms with E-state index in [0.29, 0.717) is 18.8 Å². The first-order valence-corrected chi connectivity index (χ1v) is 5.84. The van der Waals surface area contributed by atoms with Crippen molar-refractivity contribution in [1.82, 2.24) is 30.5 Å². The normalized spacial score (nSPS) is 10.1. The molecule has 0 atom stereocenters. The van der Waals surface area contributed by atoms with E-state index < -0.39 is 0 Å². The smallest absolute Gasteiger partial charge is 0.316 e. The van der Waals surface area contributed by atoms with E-state index >= 15 is 0 Å². The topological polar surface area (TPSA) is 118 Å². The van der Waals surface area contributed by atoms with Crippen LogP contribution in [0.2, 0.25) is 0 Å². The first-order valence-electron chi connectivity index (χ1n) is 5.84. The first kappa shape index (κ1) is 14.9. The second-order valence-electron chi connectivity index (χ2n) is 4.09. The van der Waals surface area contributed by atoms with Crippen LogP contribution in [0.5, 0.6) is 0 Å². The molecule has 1 aromatic rings. The Balaban J connectivity index is 2.19. The van der Waals surface area contributed by atoms with Crippen molar-refractivity contribution in [3.63, 3.8) is 0 Å². The molecule has 3 amide bonds. The number of rotatable bonds is 6. The molecule has 0 fully saturated rings. The number of hydrogen-bond acceptors (Lipinski definition) is 5. The van der Waals surface area contributed by atoms with Crippen molar-refractivity contribution < 1.29 is 9.59 Å². The van der Waals surface area contributed by atoms with Gasteiger partial charge in [0.2, 0.25) is 5.91 Å². The number of nitrogens with one attached hydrogen (secondary N) is 2. The number of nitrogens with zero attached hydrogens (tertiary/aromatic N) is 4. The van der Waals surface area contributed by atoms with E-state index in [9.17, 15) is 9.59 Å². The molecule has 0 bridgehead atoms. The van der Waals surface area contributed by atoms with Crippen molar-refractivity contribution in [1.29, 1.82) is 0 Å². The van der Waals surface area contributed by atoms with Gasteiger partial charge in [-0.2, -0.15) is 0 Å². The molecule has 4 N–H and O–H groups in total. The Bertz CT molecular complexity index is 429. The monoisotopic (exact) mass is 269 g/mol. The Kier molecular flexibility index (Phi) is 5.73. The fourth-order valence-corrected chi connectivity index (χ4v) is 1.24. The summed E-state index contributed by atoms with van der Waals surface area (Å²) in [5.74, 6) is -0.201. The van der Waals surface area contributed by atoms with E-state index in [1.54, 1.807) is 20.3 Å². The second kappa shape index (κ2) is 7.31. The lowest BCUT2D eigenvalue weighted by Gasteiger charge is -2.12. The number of amides is 3. The zero-order chi connectivity index (χ0) is 14.3. The molecule has 0 aliphatic rings. The SMILES string of the molecule is CN(C)C(=O)NCCNC(=O)Cn1cc(CN)nn1. The molecule has 0 unspecified atom stereocenters. The van der Waals surface area contributed by atoms with Gasteiger partial charge < -0.3 is 21.3 Å². The number of urea groups is 1. The van der Waals surface area contributed by atoms with Crippen molar-refractivity contribution in [2.24, 2.45) is 5.73 Å². The molecule has 1 aromatic heterocycles. The minimum absolute atomic E-state index is 0.0780. The lowest BCUT2D eigenvalue weighted by molar-refractivity contribution is -0.121. The van der Waals surface area contributed by atoms with Gasteiger partial charge in [-0.3, -0.25) is 4.79 Å². The van der Waals surface area contributed by atoms with Gasteiger partial charge in [-0.1, -0.05) is 5.21 Å². The van der Waals surface area contributed by atoms with Gasteiger partial charge in [0.15, 0.2) is 0 Å². The average Bonchev–Trinajstić information content (AvgIpc) is 2.81. The lowest BCUT2D eigenvalue weighted by Crippen LogP contribution is -2.40. The molecule has 1 heterocycles. The third kappa shape index (κ3) is 5.34. The summed E-state index contributed by atoms with van der Waals surface area (Å²) in [7, 11) is 3.29.